The van der Waals surface area contributed by atoms with Crippen LogP contribution in [0.4, 0.5) is 5.95 Å². The van der Waals surface area contributed by atoms with Crippen LogP contribution in [0.15, 0.2) is 18.6 Å². The lowest BCUT2D eigenvalue weighted by atomic mass is 10.2. The number of rotatable bonds is 5. The molecule has 19 heavy (non-hydrogen) atoms. The summed E-state index contributed by atoms with van der Waals surface area (Å²) in [6.45, 7) is 4.40. The number of nitrogens with zero attached hydrogens (tertiary/aromatic N) is 3. The highest BCUT2D eigenvalue weighted by Gasteiger charge is 2.12. The number of ether oxygens (including phenoxy) is 1. The van der Waals surface area contributed by atoms with Gasteiger partial charge < -0.3 is 10.1 Å². The summed E-state index contributed by atoms with van der Waals surface area (Å²) < 4.78 is 4.92. The third-order valence-electron chi connectivity index (χ3n) is 2.48. The molecule has 0 aromatic carbocycles. The number of aromatic nitrogens is 4. The standard InChI is InChI=1S/C12H15N5O2/c1-3-19-11(18)10-7-14-12(17-8(10)2)13-4-9-5-15-16-6-9/h5-7H,3-4H2,1-2H3,(H,15,16)(H,13,14,17). The first kappa shape index (κ1) is 13.0. The Morgan fingerprint density at radius 2 is 2.32 bits per heavy atom. The Balaban J connectivity index is 2.04. The predicted octanol–water partition coefficient (Wildman–Crippen LogP) is 1.30. The number of anilines is 1. The van der Waals surface area contributed by atoms with E-state index in [0.717, 1.165) is 5.56 Å². The minimum atomic E-state index is -0.401. The molecular weight excluding hydrogens is 246 g/mol. The number of hydrogen-bond donors (Lipinski definition) is 2. The quantitative estimate of drug-likeness (QED) is 0.788. The summed E-state index contributed by atoms with van der Waals surface area (Å²) in [7, 11) is 0. The van der Waals surface area contributed by atoms with Crippen molar-refractivity contribution in [2.75, 3.05) is 11.9 Å². The molecule has 0 aliphatic carbocycles. The van der Waals surface area contributed by atoms with Crippen LogP contribution in [0.3, 0.4) is 0 Å². The maximum absolute atomic E-state index is 11.6. The van der Waals surface area contributed by atoms with Crippen molar-refractivity contribution in [2.24, 2.45) is 0 Å². The number of aryl methyl sites for hydroxylation is 1. The summed E-state index contributed by atoms with van der Waals surface area (Å²) in [5.74, 6) is 0.0631. The van der Waals surface area contributed by atoms with E-state index in [4.69, 9.17) is 4.74 Å². The fraction of sp³-hybridized carbons (Fsp3) is 0.333. The van der Waals surface area contributed by atoms with Crippen LogP contribution in [-0.2, 0) is 11.3 Å². The summed E-state index contributed by atoms with van der Waals surface area (Å²) in [5, 5.41) is 9.62. The Hall–Kier alpha value is -2.44. The third-order valence-corrected chi connectivity index (χ3v) is 2.48. The van der Waals surface area contributed by atoms with Gasteiger partial charge in [-0.15, -0.1) is 0 Å². The molecule has 2 N–H and O–H groups in total. The first-order valence-electron chi connectivity index (χ1n) is 5.93. The predicted molar refractivity (Wildman–Crippen MR) is 68.6 cm³/mol. The topological polar surface area (TPSA) is 92.8 Å². The molecule has 2 heterocycles. The minimum Gasteiger partial charge on any atom is -0.462 e. The largest absolute Gasteiger partial charge is 0.462 e. The Morgan fingerprint density at radius 1 is 1.47 bits per heavy atom. The van der Waals surface area contributed by atoms with E-state index in [1.54, 1.807) is 26.2 Å². The zero-order valence-corrected chi connectivity index (χ0v) is 10.8. The third kappa shape index (κ3) is 3.27. The Labute approximate surface area is 110 Å². The van der Waals surface area contributed by atoms with E-state index in [1.165, 1.54) is 6.20 Å². The van der Waals surface area contributed by atoms with E-state index in [1.807, 2.05) is 0 Å². The van der Waals surface area contributed by atoms with Crippen molar-refractivity contribution < 1.29 is 9.53 Å². The number of carbonyl (C=O) groups is 1. The summed E-state index contributed by atoms with van der Waals surface area (Å²) in [6, 6.07) is 0. The van der Waals surface area contributed by atoms with Crippen molar-refractivity contribution in [3.05, 3.63) is 35.4 Å². The van der Waals surface area contributed by atoms with Crippen molar-refractivity contribution in [3.63, 3.8) is 0 Å². The molecule has 7 heteroatoms. The average molecular weight is 261 g/mol. The van der Waals surface area contributed by atoms with Crippen LogP contribution in [0.5, 0.6) is 0 Å². The minimum absolute atomic E-state index is 0.332. The summed E-state index contributed by atoms with van der Waals surface area (Å²) in [4.78, 5) is 19.9. The summed E-state index contributed by atoms with van der Waals surface area (Å²) in [5.41, 5.74) is 1.97. The molecule has 0 amide bonds. The molecule has 2 aromatic rings. The maximum atomic E-state index is 11.6. The smallest absolute Gasteiger partial charge is 0.341 e. The SMILES string of the molecule is CCOC(=O)c1cnc(NCc2cn[nH]c2)nc1C. The van der Waals surface area contributed by atoms with Gasteiger partial charge in [0.1, 0.15) is 0 Å². The van der Waals surface area contributed by atoms with Crippen molar-refractivity contribution in [1.29, 1.82) is 0 Å². The molecule has 100 valence electrons. The van der Waals surface area contributed by atoms with E-state index in [0.29, 0.717) is 30.4 Å². The molecule has 0 fully saturated rings. The van der Waals surface area contributed by atoms with Gasteiger partial charge in [-0.2, -0.15) is 5.10 Å². The lowest BCUT2D eigenvalue weighted by Crippen LogP contribution is -2.11. The number of carbonyl (C=O) groups excluding carboxylic acids is 1. The second kappa shape index (κ2) is 5.94. The second-order valence-corrected chi connectivity index (χ2v) is 3.87. The van der Waals surface area contributed by atoms with Crippen LogP contribution in [0, 0.1) is 6.92 Å². The lowest BCUT2D eigenvalue weighted by molar-refractivity contribution is 0.0524. The molecular formula is C12H15N5O2. The van der Waals surface area contributed by atoms with Crippen LogP contribution in [0.25, 0.3) is 0 Å². The van der Waals surface area contributed by atoms with E-state index in [9.17, 15) is 4.79 Å². The molecule has 0 unspecified atom stereocenters. The van der Waals surface area contributed by atoms with Gasteiger partial charge in [0.2, 0.25) is 5.95 Å². The number of esters is 1. The van der Waals surface area contributed by atoms with Gasteiger partial charge in [-0.3, -0.25) is 5.10 Å². The van der Waals surface area contributed by atoms with Gasteiger partial charge in [0.15, 0.2) is 0 Å². The molecule has 0 atom stereocenters. The average Bonchev–Trinajstić information content (AvgIpc) is 2.89. The van der Waals surface area contributed by atoms with Gasteiger partial charge in [0.05, 0.1) is 24.1 Å². The molecule has 0 bridgehead atoms. The van der Waals surface area contributed by atoms with Gasteiger partial charge in [-0.05, 0) is 13.8 Å². The van der Waals surface area contributed by atoms with E-state index < -0.39 is 5.97 Å². The number of aromatic amines is 1. The zero-order chi connectivity index (χ0) is 13.7. The van der Waals surface area contributed by atoms with Gasteiger partial charge in [-0.25, -0.2) is 14.8 Å². The summed E-state index contributed by atoms with van der Waals surface area (Å²) >= 11 is 0. The molecule has 2 rings (SSSR count). The number of hydrogen-bond acceptors (Lipinski definition) is 6. The molecule has 0 aliphatic heterocycles. The van der Waals surface area contributed by atoms with Gasteiger partial charge in [-0.1, -0.05) is 0 Å². The van der Waals surface area contributed by atoms with Gasteiger partial charge in [0, 0.05) is 24.5 Å². The Kier molecular flexibility index (Phi) is 4.07. The molecule has 0 saturated carbocycles. The molecule has 0 saturated heterocycles. The van der Waals surface area contributed by atoms with Crippen molar-refractivity contribution in [2.45, 2.75) is 20.4 Å². The van der Waals surface area contributed by atoms with Gasteiger partial charge >= 0.3 is 5.97 Å². The highest BCUT2D eigenvalue weighted by atomic mass is 16.5. The first-order chi connectivity index (χ1) is 9.20. The van der Waals surface area contributed by atoms with Crippen LogP contribution >= 0.6 is 0 Å². The van der Waals surface area contributed by atoms with E-state index >= 15 is 0 Å². The van der Waals surface area contributed by atoms with Crippen molar-refractivity contribution >= 4 is 11.9 Å². The van der Waals surface area contributed by atoms with Gasteiger partial charge in [0.25, 0.3) is 0 Å². The monoisotopic (exact) mass is 261 g/mol. The van der Waals surface area contributed by atoms with Crippen LogP contribution in [0.2, 0.25) is 0 Å². The van der Waals surface area contributed by atoms with Crippen molar-refractivity contribution in [3.8, 4) is 0 Å². The molecule has 0 spiro atoms. The van der Waals surface area contributed by atoms with Crippen LogP contribution in [-0.4, -0.2) is 32.7 Å². The molecule has 0 aliphatic rings. The highest BCUT2D eigenvalue weighted by Crippen LogP contribution is 2.09. The van der Waals surface area contributed by atoms with Crippen LogP contribution < -0.4 is 5.32 Å². The van der Waals surface area contributed by atoms with Crippen LogP contribution in [0.1, 0.15) is 28.5 Å². The van der Waals surface area contributed by atoms with E-state index in [-0.39, 0.29) is 0 Å². The molecule has 0 radical (unpaired) electrons. The normalized spacial score (nSPS) is 10.2. The fourth-order valence-corrected chi connectivity index (χ4v) is 1.52. The first-order valence-corrected chi connectivity index (χ1v) is 5.93. The van der Waals surface area contributed by atoms with Crippen molar-refractivity contribution in [1.82, 2.24) is 20.2 Å². The molecule has 7 nitrogen and oxygen atoms in total. The lowest BCUT2D eigenvalue weighted by Gasteiger charge is -2.07. The number of H-pyrrole nitrogens is 1. The molecule has 2 aromatic heterocycles. The highest BCUT2D eigenvalue weighted by molar-refractivity contribution is 5.90. The fourth-order valence-electron chi connectivity index (χ4n) is 1.52. The second-order valence-electron chi connectivity index (χ2n) is 3.87. The Bertz CT molecular complexity index is 553. The maximum Gasteiger partial charge on any atom is 0.341 e. The number of nitrogens with one attached hydrogen (secondary N) is 2. The zero-order valence-electron chi connectivity index (χ0n) is 10.8. The van der Waals surface area contributed by atoms with E-state index in [2.05, 4.69) is 25.5 Å². The Morgan fingerprint density at radius 3 is 2.95 bits per heavy atom. The summed E-state index contributed by atoms with van der Waals surface area (Å²) in [6.07, 6.45) is 4.97.